The highest BCUT2D eigenvalue weighted by atomic mass is 79.9. The lowest BCUT2D eigenvalue weighted by molar-refractivity contribution is -0.127. The molecule has 0 saturated heterocycles. The Hall–Kier alpha value is -2.37. The van der Waals surface area contributed by atoms with Crippen LogP contribution in [0.2, 0.25) is 5.02 Å². The predicted octanol–water partition coefficient (Wildman–Crippen LogP) is 7.02. The van der Waals surface area contributed by atoms with Crippen molar-refractivity contribution in [3.8, 4) is 11.1 Å². The molecule has 0 spiro atoms. The average molecular weight is 506 g/mol. The van der Waals surface area contributed by atoms with Crippen LogP contribution in [-0.2, 0) is 9.59 Å². The van der Waals surface area contributed by atoms with Gasteiger partial charge in [0.15, 0.2) is 0 Å². The summed E-state index contributed by atoms with van der Waals surface area (Å²) < 4.78 is 0.801. The second kappa shape index (κ2) is 13.1. The third kappa shape index (κ3) is 7.08. The smallest absolute Gasteiger partial charge is 0.261 e. The lowest BCUT2D eigenvalue weighted by atomic mass is 9.99. The van der Waals surface area contributed by atoms with E-state index < -0.39 is 5.91 Å². The molecular formula is C25H30BrClN2O2. The van der Waals surface area contributed by atoms with Crippen LogP contribution >= 0.6 is 27.5 Å². The standard InChI is InChI=1S/C23H24BrClN2O2.C2H6/c1-5-6-7-10-18(23(29)27(3)4)22(28)26-20-14-9-11-16(15(20)2)17-12-8-13-19(24)21(17)25;1-2/h6-14H,5H2,1-4H3,(H,26,28);1-2H3/b7-6+,18-10-;. The number of amides is 2. The van der Waals surface area contributed by atoms with Crippen molar-refractivity contribution < 1.29 is 9.59 Å². The van der Waals surface area contributed by atoms with Gasteiger partial charge in [-0.05, 0) is 58.6 Å². The van der Waals surface area contributed by atoms with Gasteiger partial charge >= 0.3 is 0 Å². The highest BCUT2D eigenvalue weighted by molar-refractivity contribution is 9.10. The Kier molecular flexibility index (Phi) is 11.3. The Bertz CT molecular complexity index is 981. The van der Waals surface area contributed by atoms with Gasteiger partial charge < -0.3 is 10.2 Å². The summed E-state index contributed by atoms with van der Waals surface area (Å²) in [6.45, 7) is 7.90. The molecule has 0 fully saturated rings. The van der Waals surface area contributed by atoms with Crippen LogP contribution in [0.4, 0.5) is 5.69 Å². The molecule has 2 amide bonds. The van der Waals surface area contributed by atoms with Gasteiger partial charge in [0.1, 0.15) is 5.57 Å². The molecule has 6 heteroatoms. The Morgan fingerprint density at radius 2 is 1.71 bits per heavy atom. The van der Waals surface area contributed by atoms with Gasteiger partial charge in [-0.15, -0.1) is 0 Å². The molecule has 0 atom stereocenters. The van der Waals surface area contributed by atoms with E-state index in [1.165, 1.54) is 4.90 Å². The number of likely N-dealkylation sites (N-methyl/N-ethyl adjacent to an activating group) is 1. The van der Waals surface area contributed by atoms with Gasteiger partial charge in [-0.2, -0.15) is 0 Å². The van der Waals surface area contributed by atoms with Gasteiger partial charge in [-0.3, -0.25) is 9.59 Å². The van der Waals surface area contributed by atoms with Crippen LogP contribution in [0.25, 0.3) is 11.1 Å². The number of nitrogens with zero attached hydrogens (tertiary/aromatic N) is 1. The Morgan fingerprint density at radius 3 is 2.32 bits per heavy atom. The molecule has 0 unspecified atom stereocenters. The molecule has 0 aliphatic heterocycles. The van der Waals surface area contributed by atoms with E-state index in [4.69, 9.17) is 11.6 Å². The molecule has 2 rings (SSSR count). The molecule has 1 N–H and O–H groups in total. The molecule has 0 radical (unpaired) electrons. The molecule has 0 aliphatic carbocycles. The van der Waals surface area contributed by atoms with Crippen molar-refractivity contribution in [1.82, 2.24) is 4.90 Å². The number of hydrogen-bond donors (Lipinski definition) is 1. The third-order valence-electron chi connectivity index (χ3n) is 4.34. The summed E-state index contributed by atoms with van der Waals surface area (Å²) in [4.78, 5) is 26.7. The minimum Gasteiger partial charge on any atom is -0.345 e. The fourth-order valence-corrected chi connectivity index (χ4v) is 3.34. The van der Waals surface area contributed by atoms with Crippen molar-refractivity contribution in [2.45, 2.75) is 34.1 Å². The summed E-state index contributed by atoms with van der Waals surface area (Å²) in [5.41, 5.74) is 3.33. The van der Waals surface area contributed by atoms with Crippen molar-refractivity contribution in [2.24, 2.45) is 0 Å². The van der Waals surface area contributed by atoms with Gasteiger partial charge in [-0.25, -0.2) is 0 Å². The number of nitrogens with one attached hydrogen (secondary N) is 1. The summed E-state index contributed by atoms with van der Waals surface area (Å²) in [5.74, 6) is -0.808. The molecule has 2 aromatic carbocycles. The fraction of sp³-hybridized carbons (Fsp3) is 0.280. The van der Waals surface area contributed by atoms with Crippen molar-refractivity contribution >= 4 is 45.0 Å². The summed E-state index contributed by atoms with van der Waals surface area (Å²) in [5, 5.41) is 3.48. The van der Waals surface area contributed by atoms with E-state index in [2.05, 4.69) is 21.2 Å². The summed E-state index contributed by atoms with van der Waals surface area (Å²) in [6, 6.07) is 11.3. The average Bonchev–Trinajstić information content (AvgIpc) is 2.76. The van der Waals surface area contributed by atoms with E-state index >= 15 is 0 Å². The first-order chi connectivity index (χ1) is 14.8. The number of hydrogen-bond acceptors (Lipinski definition) is 2. The first kappa shape index (κ1) is 26.7. The molecular weight excluding hydrogens is 476 g/mol. The van der Waals surface area contributed by atoms with E-state index in [-0.39, 0.29) is 11.5 Å². The van der Waals surface area contributed by atoms with Gasteiger partial charge in [0, 0.05) is 29.8 Å². The second-order valence-electron chi connectivity index (χ2n) is 6.65. The Morgan fingerprint density at radius 1 is 1.10 bits per heavy atom. The second-order valence-corrected chi connectivity index (χ2v) is 7.88. The van der Waals surface area contributed by atoms with Gasteiger partial charge in [-0.1, -0.05) is 68.8 Å². The maximum Gasteiger partial charge on any atom is 0.261 e. The van der Waals surface area contributed by atoms with Gasteiger partial charge in [0.05, 0.1) is 5.02 Å². The Labute approximate surface area is 199 Å². The monoisotopic (exact) mass is 504 g/mol. The van der Waals surface area contributed by atoms with Crippen LogP contribution in [0.5, 0.6) is 0 Å². The Balaban J connectivity index is 0.00000233. The summed E-state index contributed by atoms with van der Waals surface area (Å²) in [7, 11) is 3.24. The number of benzene rings is 2. The molecule has 0 heterocycles. The molecule has 4 nitrogen and oxygen atoms in total. The zero-order valence-corrected chi connectivity index (χ0v) is 21.3. The van der Waals surface area contributed by atoms with Crippen LogP contribution < -0.4 is 5.32 Å². The van der Waals surface area contributed by atoms with Crippen molar-refractivity contribution in [1.29, 1.82) is 0 Å². The number of carbonyl (C=O) groups is 2. The normalized spacial score (nSPS) is 11.0. The zero-order valence-electron chi connectivity index (χ0n) is 18.9. The van der Waals surface area contributed by atoms with Crippen LogP contribution in [0.3, 0.4) is 0 Å². The first-order valence-electron chi connectivity index (χ1n) is 10.2. The maximum atomic E-state index is 12.9. The van der Waals surface area contributed by atoms with E-state index in [0.717, 1.165) is 27.6 Å². The van der Waals surface area contributed by atoms with Gasteiger partial charge in [0.2, 0.25) is 0 Å². The molecule has 166 valence electrons. The van der Waals surface area contributed by atoms with Crippen LogP contribution in [0, 0.1) is 6.92 Å². The molecule has 0 aliphatic rings. The predicted molar refractivity (Wildman–Crippen MR) is 136 cm³/mol. The minimum atomic E-state index is -0.454. The van der Waals surface area contributed by atoms with E-state index in [9.17, 15) is 9.59 Å². The minimum absolute atomic E-state index is 0.0741. The van der Waals surface area contributed by atoms with Crippen molar-refractivity contribution in [2.75, 3.05) is 19.4 Å². The third-order valence-corrected chi connectivity index (χ3v) is 5.64. The molecule has 0 aromatic heterocycles. The van der Waals surface area contributed by atoms with Crippen LogP contribution in [-0.4, -0.2) is 30.8 Å². The van der Waals surface area contributed by atoms with Crippen molar-refractivity contribution in [3.63, 3.8) is 0 Å². The fourth-order valence-electron chi connectivity index (χ4n) is 2.75. The number of rotatable bonds is 6. The summed E-state index contributed by atoms with van der Waals surface area (Å²) >= 11 is 9.90. The van der Waals surface area contributed by atoms with E-state index in [1.54, 1.807) is 26.2 Å². The van der Waals surface area contributed by atoms with Crippen LogP contribution in [0.15, 0.2) is 64.7 Å². The molecule has 31 heavy (non-hydrogen) atoms. The topological polar surface area (TPSA) is 49.4 Å². The van der Waals surface area contributed by atoms with Crippen molar-refractivity contribution in [3.05, 3.63) is 75.3 Å². The number of halogens is 2. The lowest BCUT2D eigenvalue weighted by Gasteiger charge is -2.16. The van der Waals surface area contributed by atoms with E-state index in [1.807, 2.05) is 70.2 Å². The highest BCUT2D eigenvalue weighted by Crippen LogP contribution is 2.37. The molecule has 2 aromatic rings. The number of anilines is 1. The zero-order chi connectivity index (χ0) is 23.6. The number of carbonyl (C=O) groups excluding carboxylic acids is 2. The molecule has 0 saturated carbocycles. The summed E-state index contributed by atoms with van der Waals surface area (Å²) in [6.07, 6.45) is 5.97. The molecule has 0 bridgehead atoms. The first-order valence-corrected chi connectivity index (χ1v) is 11.4. The van der Waals surface area contributed by atoms with Crippen LogP contribution in [0.1, 0.15) is 32.8 Å². The number of allylic oxidation sites excluding steroid dienone is 3. The lowest BCUT2D eigenvalue weighted by Crippen LogP contribution is -2.30. The van der Waals surface area contributed by atoms with Gasteiger partial charge in [0.25, 0.3) is 11.8 Å². The highest BCUT2D eigenvalue weighted by Gasteiger charge is 2.20. The SMILES string of the molecule is CC.CC/C=C/C=C(/C(=O)Nc1cccc(-c2cccc(Br)c2Cl)c1C)C(=O)N(C)C. The van der Waals surface area contributed by atoms with E-state index in [0.29, 0.717) is 10.7 Å². The largest absolute Gasteiger partial charge is 0.345 e. The maximum absolute atomic E-state index is 12.9. The quantitative estimate of drug-likeness (QED) is 0.198.